The zero-order chi connectivity index (χ0) is 22.5. The number of benzene rings is 3. The van der Waals surface area contributed by atoms with Crippen LogP contribution < -0.4 is 10.4 Å². The predicted octanol–water partition coefficient (Wildman–Crippen LogP) is 5.92. The van der Waals surface area contributed by atoms with E-state index in [9.17, 15) is 4.79 Å². The van der Waals surface area contributed by atoms with Gasteiger partial charge >= 0.3 is 0 Å². The summed E-state index contributed by atoms with van der Waals surface area (Å²) in [4.78, 5) is 12.0. The standard InChI is InChI=1S/C28H34O2Si/c1-22(21-23(2)29)27(24-15-9-6-10-16-24)30-31(28(3,4)5,25-17-11-7-12-18-25)26-19-13-8-14-20-26/h6-20,22,27H,21H2,1-5H3/t22-,27+/m0/s1. The molecular weight excluding hydrogens is 396 g/mol. The summed E-state index contributed by atoms with van der Waals surface area (Å²) in [5, 5.41) is 2.40. The van der Waals surface area contributed by atoms with Gasteiger partial charge in [0.25, 0.3) is 8.32 Å². The van der Waals surface area contributed by atoms with Gasteiger partial charge in [0.2, 0.25) is 0 Å². The Hall–Kier alpha value is -2.49. The van der Waals surface area contributed by atoms with Crippen molar-refractivity contribution >= 4 is 24.5 Å². The smallest absolute Gasteiger partial charge is 0.261 e. The van der Waals surface area contributed by atoms with E-state index in [1.807, 2.05) is 6.07 Å². The lowest BCUT2D eigenvalue weighted by Gasteiger charge is -2.46. The van der Waals surface area contributed by atoms with Crippen LogP contribution in [0.25, 0.3) is 0 Å². The molecule has 0 saturated heterocycles. The third-order valence-corrected chi connectivity index (χ3v) is 11.0. The summed E-state index contributed by atoms with van der Waals surface area (Å²) in [6, 6.07) is 31.8. The SMILES string of the molecule is CC(=O)C[C@H](C)[C@@H](O[Si](c1ccccc1)(c1ccccc1)C(C)(C)C)c1ccccc1. The summed E-state index contributed by atoms with van der Waals surface area (Å²) < 4.78 is 7.41. The minimum Gasteiger partial charge on any atom is -0.400 e. The van der Waals surface area contributed by atoms with Crippen molar-refractivity contribution in [1.29, 1.82) is 0 Å². The van der Waals surface area contributed by atoms with Gasteiger partial charge in [0.05, 0.1) is 6.10 Å². The molecule has 0 heterocycles. The topological polar surface area (TPSA) is 26.3 Å². The lowest BCUT2D eigenvalue weighted by atomic mass is 9.93. The van der Waals surface area contributed by atoms with Gasteiger partial charge in [-0.3, -0.25) is 0 Å². The zero-order valence-electron chi connectivity index (χ0n) is 19.3. The summed E-state index contributed by atoms with van der Waals surface area (Å²) in [7, 11) is -2.72. The Bertz CT molecular complexity index is 923. The number of hydrogen-bond acceptors (Lipinski definition) is 2. The normalized spacial score (nSPS) is 14.1. The summed E-state index contributed by atoms with van der Waals surface area (Å²) in [6.45, 7) is 10.7. The van der Waals surface area contributed by atoms with E-state index in [2.05, 4.69) is 113 Å². The Labute approximate surface area is 188 Å². The summed E-state index contributed by atoms with van der Waals surface area (Å²) in [5.74, 6) is 0.265. The molecule has 3 rings (SSSR count). The quantitative estimate of drug-likeness (QED) is 0.415. The molecule has 3 heteroatoms. The molecule has 2 nitrogen and oxygen atoms in total. The van der Waals surface area contributed by atoms with E-state index in [0.29, 0.717) is 6.42 Å². The minimum atomic E-state index is -2.72. The van der Waals surface area contributed by atoms with E-state index >= 15 is 0 Å². The van der Waals surface area contributed by atoms with Crippen LogP contribution in [0.2, 0.25) is 5.04 Å². The number of rotatable bonds is 8. The molecule has 0 aliphatic rings. The van der Waals surface area contributed by atoms with Crippen molar-refractivity contribution in [2.75, 3.05) is 0 Å². The second kappa shape index (κ2) is 9.76. The molecule has 0 spiro atoms. The molecule has 0 amide bonds. The number of carbonyl (C=O) groups is 1. The Morgan fingerprint density at radius 2 is 1.23 bits per heavy atom. The van der Waals surface area contributed by atoms with Gasteiger partial charge in [-0.15, -0.1) is 0 Å². The first-order chi connectivity index (χ1) is 14.8. The second-order valence-corrected chi connectivity index (χ2v) is 13.7. The Kier molecular flexibility index (Phi) is 7.29. The van der Waals surface area contributed by atoms with Gasteiger partial charge in [-0.2, -0.15) is 0 Å². The molecule has 0 radical (unpaired) electrons. The van der Waals surface area contributed by atoms with Gasteiger partial charge < -0.3 is 9.22 Å². The van der Waals surface area contributed by atoms with Crippen molar-refractivity contribution in [2.45, 2.75) is 52.2 Å². The van der Waals surface area contributed by atoms with Gasteiger partial charge in [-0.05, 0) is 33.8 Å². The minimum absolute atomic E-state index is 0.0709. The number of Topliss-reactive ketones (excluding diaryl/α,β-unsaturated/α-hetero) is 1. The Balaban J connectivity index is 2.23. The van der Waals surface area contributed by atoms with Crippen molar-refractivity contribution < 1.29 is 9.22 Å². The molecule has 2 atom stereocenters. The van der Waals surface area contributed by atoms with Crippen molar-refractivity contribution in [3.63, 3.8) is 0 Å². The van der Waals surface area contributed by atoms with Crippen molar-refractivity contribution in [3.8, 4) is 0 Å². The van der Waals surface area contributed by atoms with Gasteiger partial charge in [-0.25, -0.2) is 0 Å². The van der Waals surface area contributed by atoms with Crippen molar-refractivity contribution in [3.05, 3.63) is 96.6 Å². The maximum atomic E-state index is 12.0. The van der Waals surface area contributed by atoms with Crippen LogP contribution in [0.15, 0.2) is 91.0 Å². The first kappa shape index (κ1) is 23.2. The molecular formula is C28H34O2Si. The fraction of sp³-hybridized carbons (Fsp3) is 0.321. The highest BCUT2D eigenvalue weighted by Crippen LogP contribution is 2.42. The number of hydrogen-bond donors (Lipinski definition) is 0. The van der Waals surface area contributed by atoms with Gasteiger partial charge in [0, 0.05) is 6.42 Å². The first-order valence-corrected chi connectivity index (χ1v) is 13.0. The molecule has 0 saturated carbocycles. The molecule has 162 valence electrons. The summed E-state index contributed by atoms with van der Waals surface area (Å²) in [6.07, 6.45) is 0.328. The van der Waals surface area contributed by atoms with Crippen molar-refractivity contribution in [2.24, 2.45) is 5.92 Å². The van der Waals surface area contributed by atoms with Crippen LogP contribution >= 0.6 is 0 Å². The maximum absolute atomic E-state index is 12.0. The first-order valence-electron chi connectivity index (χ1n) is 11.1. The van der Waals surface area contributed by atoms with Crippen LogP contribution in [0.1, 0.15) is 52.7 Å². The van der Waals surface area contributed by atoms with Crippen LogP contribution in [0.4, 0.5) is 0 Å². The monoisotopic (exact) mass is 430 g/mol. The van der Waals surface area contributed by atoms with E-state index in [0.717, 1.165) is 5.56 Å². The molecule has 0 aromatic heterocycles. The Morgan fingerprint density at radius 1 is 0.806 bits per heavy atom. The average Bonchev–Trinajstić information content (AvgIpc) is 2.75. The van der Waals surface area contributed by atoms with E-state index in [1.165, 1.54) is 10.4 Å². The molecule has 0 bridgehead atoms. The van der Waals surface area contributed by atoms with E-state index in [-0.39, 0.29) is 22.8 Å². The van der Waals surface area contributed by atoms with E-state index in [1.54, 1.807) is 6.92 Å². The lowest BCUT2D eigenvalue weighted by Crippen LogP contribution is -2.67. The number of ketones is 1. The second-order valence-electron chi connectivity index (χ2n) is 9.50. The highest BCUT2D eigenvalue weighted by Gasteiger charge is 2.52. The molecule has 3 aromatic carbocycles. The van der Waals surface area contributed by atoms with Crippen molar-refractivity contribution in [1.82, 2.24) is 0 Å². The molecule has 3 aromatic rings. The summed E-state index contributed by atoms with van der Waals surface area (Å²) >= 11 is 0. The molecule has 0 unspecified atom stereocenters. The third-order valence-electron chi connectivity index (χ3n) is 5.97. The zero-order valence-corrected chi connectivity index (χ0v) is 20.3. The highest BCUT2D eigenvalue weighted by molar-refractivity contribution is 6.99. The van der Waals surface area contributed by atoms with E-state index < -0.39 is 8.32 Å². The van der Waals surface area contributed by atoms with Gasteiger partial charge in [-0.1, -0.05) is 119 Å². The molecule has 0 aliphatic carbocycles. The summed E-state index contributed by atoms with van der Waals surface area (Å²) in [5.41, 5.74) is 1.13. The van der Waals surface area contributed by atoms with Crippen LogP contribution in [0.5, 0.6) is 0 Å². The van der Waals surface area contributed by atoms with Crippen LogP contribution in [0, 0.1) is 5.92 Å². The number of carbonyl (C=O) groups excluding carboxylic acids is 1. The fourth-order valence-electron chi connectivity index (χ4n) is 4.60. The molecule has 0 N–H and O–H groups in total. The van der Waals surface area contributed by atoms with Crippen LogP contribution in [-0.2, 0) is 9.22 Å². The molecule has 0 fully saturated rings. The predicted molar refractivity (Wildman–Crippen MR) is 132 cm³/mol. The molecule has 31 heavy (non-hydrogen) atoms. The van der Waals surface area contributed by atoms with E-state index in [4.69, 9.17) is 4.43 Å². The van der Waals surface area contributed by atoms with Gasteiger partial charge in [0.15, 0.2) is 0 Å². The average molecular weight is 431 g/mol. The van der Waals surface area contributed by atoms with Crippen LogP contribution in [-0.4, -0.2) is 14.1 Å². The lowest BCUT2D eigenvalue weighted by molar-refractivity contribution is -0.118. The maximum Gasteiger partial charge on any atom is 0.261 e. The fourth-order valence-corrected chi connectivity index (χ4v) is 9.36. The Morgan fingerprint density at radius 3 is 1.61 bits per heavy atom. The largest absolute Gasteiger partial charge is 0.400 e. The van der Waals surface area contributed by atoms with Crippen LogP contribution in [0.3, 0.4) is 0 Å². The molecule has 0 aliphatic heterocycles. The van der Waals surface area contributed by atoms with Gasteiger partial charge in [0.1, 0.15) is 5.78 Å². The third kappa shape index (κ3) is 5.05. The highest BCUT2D eigenvalue weighted by atomic mass is 28.4.